The minimum absolute atomic E-state index is 0.175. The molecule has 1 amide bonds. The molecular formula is C16H24N2O. The Hall–Kier alpha value is -1.35. The Bertz CT molecular complexity index is 431. The smallest absolute Gasteiger partial charge is 0.225 e. The molecule has 3 nitrogen and oxygen atoms in total. The van der Waals surface area contributed by atoms with Crippen LogP contribution >= 0.6 is 0 Å². The molecule has 1 unspecified atom stereocenters. The Balaban J connectivity index is 1.91. The molecule has 1 atom stereocenters. The Labute approximate surface area is 116 Å². The Morgan fingerprint density at radius 3 is 2.84 bits per heavy atom. The fourth-order valence-electron chi connectivity index (χ4n) is 2.82. The van der Waals surface area contributed by atoms with Gasteiger partial charge in [0.2, 0.25) is 5.91 Å². The van der Waals surface area contributed by atoms with Crippen LogP contribution in [-0.2, 0) is 17.6 Å². The summed E-state index contributed by atoms with van der Waals surface area (Å²) in [4.78, 5) is 14.3. The fraction of sp³-hybridized carbons (Fsp3) is 0.562. The average molecular weight is 260 g/mol. The van der Waals surface area contributed by atoms with Gasteiger partial charge in [0.05, 0.1) is 0 Å². The van der Waals surface area contributed by atoms with Gasteiger partial charge in [0.1, 0.15) is 0 Å². The molecule has 19 heavy (non-hydrogen) atoms. The lowest BCUT2D eigenvalue weighted by molar-refractivity contribution is -0.134. The number of aryl methyl sites for hydroxylation is 1. The highest BCUT2D eigenvalue weighted by Crippen LogP contribution is 2.26. The van der Waals surface area contributed by atoms with Crippen molar-refractivity contribution in [2.45, 2.75) is 25.7 Å². The third-order valence-corrected chi connectivity index (χ3v) is 3.99. The van der Waals surface area contributed by atoms with Crippen molar-refractivity contribution in [3.63, 3.8) is 0 Å². The van der Waals surface area contributed by atoms with Gasteiger partial charge in [-0.15, -0.1) is 0 Å². The molecule has 0 fully saturated rings. The molecule has 0 spiro atoms. The molecule has 2 rings (SSSR count). The van der Waals surface area contributed by atoms with E-state index in [0.29, 0.717) is 5.91 Å². The van der Waals surface area contributed by atoms with Gasteiger partial charge >= 0.3 is 0 Å². The number of rotatable bonds is 5. The van der Waals surface area contributed by atoms with Crippen LogP contribution in [0.5, 0.6) is 0 Å². The van der Waals surface area contributed by atoms with Crippen LogP contribution in [0.1, 0.15) is 24.0 Å². The first-order valence-electron chi connectivity index (χ1n) is 7.18. The van der Waals surface area contributed by atoms with Crippen molar-refractivity contribution in [1.82, 2.24) is 10.2 Å². The lowest BCUT2D eigenvalue weighted by atomic mass is 9.83. The van der Waals surface area contributed by atoms with Crippen LogP contribution < -0.4 is 5.32 Å². The molecule has 104 valence electrons. The number of fused-ring (bicyclic) bond motifs is 1. The zero-order valence-corrected chi connectivity index (χ0v) is 12.0. The van der Waals surface area contributed by atoms with Crippen LogP contribution in [0.3, 0.4) is 0 Å². The van der Waals surface area contributed by atoms with Crippen LogP contribution in [0, 0.1) is 5.92 Å². The third kappa shape index (κ3) is 3.57. The van der Waals surface area contributed by atoms with E-state index in [2.05, 4.69) is 29.6 Å². The monoisotopic (exact) mass is 260 g/mol. The van der Waals surface area contributed by atoms with E-state index in [1.165, 1.54) is 11.1 Å². The predicted octanol–water partition coefficient (Wildman–Crippen LogP) is 1.86. The zero-order chi connectivity index (χ0) is 13.7. The van der Waals surface area contributed by atoms with Gasteiger partial charge in [-0.2, -0.15) is 0 Å². The molecule has 1 aliphatic rings. The summed E-state index contributed by atoms with van der Waals surface area (Å²) >= 11 is 0. The summed E-state index contributed by atoms with van der Waals surface area (Å²) in [6.45, 7) is 1.81. The van der Waals surface area contributed by atoms with Crippen molar-refractivity contribution < 1.29 is 4.79 Å². The lowest BCUT2D eigenvalue weighted by Gasteiger charge is -2.28. The van der Waals surface area contributed by atoms with E-state index in [-0.39, 0.29) is 5.92 Å². The van der Waals surface area contributed by atoms with E-state index in [9.17, 15) is 4.79 Å². The van der Waals surface area contributed by atoms with Gasteiger partial charge < -0.3 is 10.2 Å². The first-order valence-corrected chi connectivity index (χ1v) is 7.18. The number of nitrogens with zero attached hydrogens (tertiary/aromatic N) is 1. The molecule has 0 saturated heterocycles. The van der Waals surface area contributed by atoms with Gasteiger partial charge in [-0.3, -0.25) is 4.79 Å². The van der Waals surface area contributed by atoms with Crippen molar-refractivity contribution in [3.8, 4) is 0 Å². The van der Waals surface area contributed by atoms with Crippen molar-refractivity contribution in [1.29, 1.82) is 0 Å². The van der Waals surface area contributed by atoms with Gasteiger partial charge in [0, 0.05) is 19.5 Å². The number of carbonyl (C=O) groups is 1. The average Bonchev–Trinajstić information content (AvgIpc) is 2.46. The number of benzene rings is 1. The summed E-state index contributed by atoms with van der Waals surface area (Å²) < 4.78 is 0. The van der Waals surface area contributed by atoms with E-state index in [0.717, 1.165) is 38.8 Å². The number of hydrogen-bond donors (Lipinski definition) is 1. The second-order valence-corrected chi connectivity index (χ2v) is 5.43. The van der Waals surface area contributed by atoms with Crippen LogP contribution in [0.2, 0.25) is 0 Å². The Morgan fingerprint density at radius 1 is 1.37 bits per heavy atom. The van der Waals surface area contributed by atoms with Crippen LogP contribution in [0.15, 0.2) is 24.3 Å². The van der Waals surface area contributed by atoms with Crippen molar-refractivity contribution in [2.24, 2.45) is 5.92 Å². The summed E-state index contributed by atoms with van der Waals surface area (Å²) in [5.41, 5.74) is 2.78. The highest BCUT2D eigenvalue weighted by Gasteiger charge is 2.26. The zero-order valence-electron chi connectivity index (χ0n) is 12.0. The largest absolute Gasteiger partial charge is 0.345 e. The molecule has 0 radical (unpaired) electrons. The van der Waals surface area contributed by atoms with Crippen LogP contribution in [-0.4, -0.2) is 38.0 Å². The summed E-state index contributed by atoms with van der Waals surface area (Å²) in [7, 11) is 3.87. The topological polar surface area (TPSA) is 32.3 Å². The molecular weight excluding hydrogens is 236 g/mol. The quantitative estimate of drug-likeness (QED) is 0.820. The molecule has 3 heteroatoms. The van der Waals surface area contributed by atoms with E-state index < -0.39 is 0 Å². The summed E-state index contributed by atoms with van der Waals surface area (Å²) in [5, 5.41) is 3.12. The first-order chi connectivity index (χ1) is 9.22. The molecule has 1 aliphatic carbocycles. The Morgan fingerprint density at radius 2 is 2.11 bits per heavy atom. The number of hydrogen-bond acceptors (Lipinski definition) is 2. The molecule has 1 N–H and O–H groups in total. The molecule has 0 bridgehead atoms. The molecule has 1 aromatic rings. The highest BCUT2D eigenvalue weighted by molar-refractivity contribution is 5.79. The standard InChI is InChI=1S/C16H24N2O/c1-17-10-5-11-18(2)16(19)15-9-8-13-6-3-4-7-14(13)12-15/h3-4,6-7,15,17H,5,8-12H2,1-2H3. The lowest BCUT2D eigenvalue weighted by Crippen LogP contribution is -2.37. The summed E-state index contributed by atoms with van der Waals surface area (Å²) in [6, 6.07) is 8.51. The highest BCUT2D eigenvalue weighted by atomic mass is 16.2. The normalized spacial score (nSPS) is 17.9. The van der Waals surface area contributed by atoms with Gasteiger partial charge in [0.25, 0.3) is 0 Å². The number of nitrogens with one attached hydrogen (secondary N) is 1. The summed E-state index contributed by atoms with van der Waals surface area (Å²) in [6.07, 6.45) is 3.95. The Kier molecular flexibility index (Phi) is 4.97. The second kappa shape index (κ2) is 6.71. The van der Waals surface area contributed by atoms with E-state index >= 15 is 0 Å². The molecule has 1 aromatic carbocycles. The SMILES string of the molecule is CNCCCN(C)C(=O)C1CCc2ccccc2C1. The fourth-order valence-corrected chi connectivity index (χ4v) is 2.82. The third-order valence-electron chi connectivity index (χ3n) is 3.99. The van der Waals surface area contributed by atoms with E-state index in [1.54, 1.807) is 0 Å². The van der Waals surface area contributed by atoms with Gasteiger partial charge in [-0.1, -0.05) is 24.3 Å². The molecule has 0 saturated carbocycles. The first kappa shape index (κ1) is 14.1. The van der Waals surface area contributed by atoms with Crippen LogP contribution in [0.4, 0.5) is 0 Å². The number of carbonyl (C=O) groups excluding carboxylic acids is 1. The second-order valence-electron chi connectivity index (χ2n) is 5.43. The minimum atomic E-state index is 0.175. The van der Waals surface area contributed by atoms with Crippen molar-refractivity contribution >= 4 is 5.91 Å². The maximum Gasteiger partial charge on any atom is 0.225 e. The van der Waals surface area contributed by atoms with Crippen molar-refractivity contribution in [2.75, 3.05) is 27.2 Å². The maximum atomic E-state index is 12.4. The minimum Gasteiger partial charge on any atom is -0.345 e. The van der Waals surface area contributed by atoms with Crippen molar-refractivity contribution in [3.05, 3.63) is 35.4 Å². The van der Waals surface area contributed by atoms with Gasteiger partial charge in [-0.05, 0) is 50.4 Å². The van der Waals surface area contributed by atoms with Gasteiger partial charge in [0.15, 0.2) is 0 Å². The van der Waals surface area contributed by atoms with E-state index in [1.807, 2.05) is 19.0 Å². The van der Waals surface area contributed by atoms with E-state index in [4.69, 9.17) is 0 Å². The summed E-state index contributed by atoms with van der Waals surface area (Å²) in [5.74, 6) is 0.486. The van der Waals surface area contributed by atoms with Crippen LogP contribution in [0.25, 0.3) is 0 Å². The number of amides is 1. The molecule has 0 heterocycles. The molecule has 0 aliphatic heterocycles. The predicted molar refractivity (Wildman–Crippen MR) is 78.1 cm³/mol. The maximum absolute atomic E-state index is 12.4. The molecule has 0 aromatic heterocycles. The van der Waals surface area contributed by atoms with Gasteiger partial charge in [-0.25, -0.2) is 0 Å².